The zero-order valence-electron chi connectivity index (χ0n) is 11.3. The molecule has 19 heavy (non-hydrogen) atoms. The lowest BCUT2D eigenvalue weighted by Crippen LogP contribution is -2.39. The van der Waals surface area contributed by atoms with E-state index in [9.17, 15) is 4.79 Å². The highest BCUT2D eigenvalue weighted by Crippen LogP contribution is 2.54. The van der Waals surface area contributed by atoms with Crippen LogP contribution in [0.3, 0.4) is 0 Å². The zero-order chi connectivity index (χ0) is 13.3. The summed E-state index contributed by atoms with van der Waals surface area (Å²) >= 11 is 0. The molecule has 0 radical (unpaired) electrons. The molecule has 1 fully saturated rings. The number of hydrogen-bond acceptors (Lipinski definition) is 2. The summed E-state index contributed by atoms with van der Waals surface area (Å²) in [7, 11) is 0. The Morgan fingerprint density at radius 1 is 1.32 bits per heavy atom. The number of rotatable bonds is 4. The zero-order valence-corrected chi connectivity index (χ0v) is 11.3. The first-order valence-electron chi connectivity index (χ1n) is 7.14. The summed E-state index contributed by atoms with van der Waals surface area (Å²) in [5.74, 6) is 0.922. The third-order valence-electron chi connectivity index (χ3n) is 4.55. The second kappa shape index (κ2) is 4.84. The summed E-state index contributed by atoms with van der Waals surface area (Å²) in [6, 6.07) is 10.3. The second-order valence-electron chi connectivity index (χ2n) is 5.73. The van der Waals surface area contributed by atoms with Gasteiger partial charge in [-0.25, -0.2) is 0 Å². The summed E-state index contributed by atoms with van der Waals surface area (Å²) in [5, 5.41) is 0. The van der Waals surface area contributed by atoms with Crippen LogP contribution in [0, 0.1) is 17.3 Å². The molecule has 0 amide bonds. The Kier molecular flexibility index (Phi) is 3.17. The molecule has 1 saturated carbocycles. The molecule has 0 spiro atoms. The van der Waals surface area contributed by atoms with Gasteiger partial charge >= 0.3 is 5.97 Å². The van der Waals surface area contributed by atoms with Crippen molar-refractivity contribution in [2.24, 2.45) is 17.3 Å². The molecular formula is C17H20O2. The van der Waals surface area contributed by atoms with Gasteiger partial charge in [0, 0.05) is 0 Å². The minimum absolute atomic E-state index is 0.00398. The molecule has 1 aromatic carbocycles. The number of fused-ring (bicyclic) bond motifs is 2. The van der Waals surface area contributed by atoms with Crippen molar-refractivity contribution >= 4 is 5.97 Å². The lowest BCUT2D eigenvalue weighted by Gasteiger charge is -2.33. The molecule has 0 unspecified atom stereocenters. The molecule has 100 valence electrons. The van der Waals surface area contributed by atoms with Crippen molar-refractivity contribution in [2.45, 2.75) is 26.2 Å². The maximum absolute atomic E-state index is 12.5. The number of benzene rings is 1. The van der Waals surface area contributed by atoms with E-state index in [2.05, 4.69) is 24.3 Å². The van der Waals surface area contributed by atoms with Crippen molar-refractivity contribution in [3.05, 3.63) is 48.0 Å². The Balaban J connectivity index is 1.90. The van der Waals surface area contributed by atoms with Crippen LogP contribution in [0.5, 0.6) is 0 Å². The Hall–Kier alpha value is -1.57. The van der Waals surface area contributed by atoms with E-state index in [-0.39, 0.29) is 11.4 Å². The molecule has 2 nitrogen and oxygen atoms in total. The monoisotopic (exact) mass is 256 g/mol. The number of ether oxygens (including phenoxy) is 1. The highest BCUT2D eigenvalue weighted by molar-refractivity contribution is 5.79. The fourth-order valence-electron chi connectivity index (χ4n) is 3.70. The van der Waals surface area contributed by atoms with E-state index in [1.807, 2.05) is 25.1 Å². The highest BCUT2D eigenvalue weighted by atomic mass is 16.5. The number of carbonyl (C=O) groups is 1. The fourth-order valence-corrected chi connectivity index (χ4v) is 3.70. The summed E-state index contributed by atoms with van der Waals surface area (Å²) < 4.78 is 5.38. The molecule has 1 aromatic rings. The van der Waals surface area contributed by atoms with Crippen molar-refractivity contribution in [1.82, 2.24) is 0 Å². The van der Waals surface area contributed by atoms with Gasteiger partial charge in [0.15, 0.2) is 0 Å². The van der Waals surface area contributed by atoms with Gasteiger partial charge < -0.3 is 4.74 Å². The lowest BCUT2D eigenvalue weighted by atomic mass is 9.71. The Morgan fingerprint density at radius 2 is 2.11 bits per heavy atom. The quantitative estimate of drug-likeness (QED) is 0.610. The number of esters is 1. The van der Waals surface area contributed by atoms with E-state index in [1.54, 1.807) is 0 Å². The molecule has 3 atom stereocenters. The third kappa shape index (κ3) is 2.09. The molecule has 0 saturated heterocycles. The van der Waals surface area contributed by atoms with Gasteiger partial charge in [-0.2, -0.15) is 0 Å². The van der Waals surface area contributed by atoms with E-state index < -0.39 is 0 Å². The molecule has 0 aromatic heterocycles. The van der Waals surface area contributed by atoms with Gasteiger partial charge in [0.2, 0.25) is 0 Å². The lowest BCUT2D eigenvalue weighted by molar-refractivity contribution is -0.157. The van der Waals surface area contributed by atoms with Crippen LogP contribution in [-0.4, -0.2) is 12.6 Å². The molecular weight excluding hydrogens is 236 g/mol. The first-order valence-corrected chi connectivity index (χ1v) is 7.14. The normalized spacial score (nSPS) is 31.6. The summed E-state index contributed by atoms with van der Waals surface area (Å²) in [4.78, 5) is 12.5. The second-order valence-corrected chi connectivity index (χ2v) is 5.73. The predicted molar refractivity (Wildman–Crippen MR) is 74.6 cm³/mol. The van der Waals surface area contributed by atoms with Crippen LogP contribution in [0.25, 0.3) is 0 Å². The van der Waals surface area contributed by atoms with E-state index >= 15 is 0 Å². The van der Waals surface area contributed by atoms with Crippen LogP contribution in [-0.2, 0) is 16.0 Å². The average molecular weight is 256 g/mol. The topological polar surface area (TPSA) is 26.3 Å². The Bertz CT molecular complexity index is 491. The van der Waals surface area contributed by atoms with Crippen molar-refractivity contribution in [1.29, 1.82) is 0 Å². The number of allylic oxidation sites excluding steroid dienone is 2. The van der Waals surface area contributed by atoms with Crippen molar-refractivity contribution in [3.63, 3.8) is 0 Å². The van der Waals surface area contributed by atoms with Gasteiger partial charge in [0.1, 0.15) is 0 Å². The molecule has 3 rings (SSSR count). The van der Waals surface area contributed by atoms with E-state index in [0.717, 1.165) is 19.3 Å². The first-order chi connectivity index (χ1) is 9.24. The summed E-state index contributed by atoms with van der Waals surface area (Å²) in [6.45, 7) is 2.35. The number of hydrogen-bond donors (Lipinski definition) is 0. The van der Waals surface area contributed by atoms with Crippen LogP contribution < -0.4 is 0 Å². The smallest absolute Gasteiger partial charge is 0.313 e. The third-order valence-corrected chi connectivity index (χ3v) is 4.55. The van der Waals surface area contributed by atoms with Crippen LogP contribution >= 0.6 is 0 Å². The van der Waals surface area contributed by atoms with Gasteiger partial charge in [0.25, 0.3) is 0 Å². The Morgan fingerprint density at radius 3 is 2.68 bits per heavy atom. The predicted octanol–water partition coefficient (Wildman–Crippen LogP) is 3.37. The van der Waals surface area contributed by atoms with Crippen LogP contribution in [0.15, 0.2) is 42.5 Å². The molecule has 2 bridgehead atoms. The highest BCUT2D eigenvalue weighted by Gasteiger charge is 2.54. The number of carbonyl (C=O) groups excluding carboxylic acids is 1. The minimum atomic E-state index is -0.323. The van der Waals surface area contributed by atoms with Gasteiger partial charge in [0.05, 0.1) is 12.0 Å². The molecule has 0 N–H and O–H groups in total. The summed E-state index contributed by atoms with van der Waals surface area (Å²) in [6.07, 6.45) is 7.37. The van der Waals surface area contributed by atoms with E-state index in [0.29, 0.717) is 18.4 Å². The average Bonchev–Trinajstić information content (AvgIpc) is 3.01. The molecule has 0 heterocycles. The van der Waals surface area contributed by atoms with Gasteiger partial charge in [-0.1, -0.05) is 42.5 Å². The van der Waals surface area contributed by atoms with E-state index in [4.69, 9.17) is 4.74 Å². The largest absolute Gasteiger partial charge is 0.466 e. The summed E-state index contributed by atoms with van der Waals surface area (Å²) in [5.41, 5.74) is 0.910. The SMILES string of the molecule is CCOC(=O)[C@]1(Cc2ccccc2)C[C@H]2C=C[C@@H]1C2. The van der Waals surface area contributed by atoms with Crippen LogP contribution in [0.2, 0.25) is 0 Å². The van der Waals surface area contributed by atoms with Gasteiger partial charge in [-0.05, 0) is 43.6 Å². The van der Waals surface area contributed by atoms with Gasteiger partial charge in [-0.3, -0.25) is 4.79 Å². The van der Waals surface area contributed by atoms with Crippen molar-refractivity contribution < 1.29 is 9.53 Å². The maximum atomic E-state index is 12.5. The fraction of sp³-hybridized carbons (Fsp3) is 0.471. The standard InChI is InChI=1S/C17H20O2/c1-2-19-16(18)17(11-13-6-4-3-5-7-13)12-14-8-9-15(17)10-14/h3-9,14-15H,2,10-12H2,1H3/t14-,15+,17+/m0/s1. The maximum Gasteiger partial charge on any atom is 0.313 e. The first kappa shape index (κ1) is 12.5. The van der Waals surface area contributed by atoms with Crippen LogP contribution in [0.1, 0.15) is 25.3 Å². The molecule has 2 aliphatic rings. The van der Waals surface area contributed by atoms with Gasteiger partial charge in [-0.15, -0.1) is 0 Å². The minimum Gasteiger partial charge on any atom is -0.466 e. The van der Waals surface area contributed by atoms with Crippen molar-refractivity contribution in [3.8, 4) is 0 Å². The molecule has 0 aliphatic heterocycles. The Labute approximate surface area is 114 Å². The van der Waals surface area contributed by atoms with Crippen molar-refractivity contribution in [2.75, 3.05) is 6.61 Å². The molecule has 2 heteroatoms. The molecule has 2 aliphatic carbocycles. The van der Waals surface area contributed by atoms with E-state index in [1.165, 1.54) is 5.56 Å². The van der Waals surface area contributed by atoms with Crippen LogP contribution in [0.4, 0.5) is 0 Å².